The number of carboxylic acids is 1. The van der Waals surface area contributed by atoms with Crippen LogP contribution >= 0.6 is 0 Å². The average molecular weight is 428 g/mol. The van der Waals surface area contributed by atoms with Crippen LogP contribution in [0.15, 0.2) is 16.8 Å². The van der Waals surface area contributed by atoms with Crippen molar-refractivity contribution in [3.05, 3.63) is 11.6 Å². The number of carboxylic acid groups (broad SMARTS) is 1. The molecule has 1 N–H and O–H groups in total. The van der Waals surface area contributed by atoms with Crippen molar-refractivity contribution in [1.29, 1.82) is 0 Å². The van der Waals surface area contributed by atoms with Crippen LogP contribution in [0, 0.1) is 45.8 Å². The Bertz CT molecular complexity index is 838. The number of hydrogen-bond acceptors (Lipinski definition) is 4. The molecule has 7 atom stereocenters. The zero-order chi connectivity index (χ0) is 22.0. The van der Waals surface area contributed by atoms with E-state index < -0.39 is 22.2 Å². The minimum Gasteiger partial charge on any atom is -0.481 e. The number of allylic oxidation sites excluding steroid dienone is 1. The highest BCUT2D eigenvalue weighted by Gasteiger charge is 2.84. The molecule has 170 valence electrons. The first-order valence-electron chi connectivity index (χ1n) is 12.4. The van der Waals surface area contributed by atoms with Gasteiger partial charge in [-0.1, -0.05) is 50.4 Å². The molecule has 0 unspecified atom stereocenters. The predicted octanol–water partition coefficient (Wildman–Crippen LogP) is 5.25. The van der Waals surface area contributed by atoms with Gasteiger partial charge in [0.05, 0.1) is 11.1 Å². The van der Waals surface area contributed by atoms with Crippen LogP contribution in [-0.4, -0.2) is 29.7 Å². The van der Waals surface area contributed by atoms with Crippen molar-refractivity contribution in [1.82, 2.24) is 0 Å². The molecule has 0 aromatic carbocycles. The van der Waals surface area contributed by atoms with Gasteiger partial charge in [0.15, 0.2) is 0 Å². The molecule has 4 saturated carbocycles. The van der Waals surface area contributed by atoms with Crippen LogP contribution in [0.25, 0.3) is 0 Å². The molecule has 0 saturated heterocycles. The van der Waals surface area contributed by atoms with Crippen molar-refractivity contribution in [2.24, 2.45) is 51.0 Å². The minimum absolute atomic E-state index is 0.0792. The molecule has 5 nitrogen and oxygen atoms in total. The second kappa shape index (κ2) is 7.18. The first-order valence-corrected chi connectivity index (χ1v) is 12.4. The Kier molecular flexibility index (Phi) is 4.91. The van der Waals surface area contributed by atoms with Crippen molar-refractivity contribution < 1.29 is 19.5 Å². The monoisotopic (exact) mass is 427 g/mol. The Morgan fingerprint density at radius 2 is 2.00 bits per heavy atom. The normalized spacial score (nSPS) is 45.4. The van der Waals surface area contributed by atoms with Gasteiger partial charge in [0.25, 0.3) is 0 Å². The van der Waals surface area contributed by atoms with Gasteiger partial charge in [-0.3, -0.25) is 4.79 Å². The number of carbonyl (C=O) groups is 2. The Labute approximate surface area is 185 Å². The van der Waals surface area contributed by atoms with E-state index in [0.717, 1.165) is 62.5 Å². The number of hydrogen-bond donors (Lipinski definition) is 1. The molecule has 5 aliphatic carbocycles. The number of rotatable bonds is 6. The van der Waals surface area contributed by atoms with Crippen LogP contribution in [0.1, 0.15) is 78.6 Å². The highest BCUT2D eigenvalue weighted by atomic mass is 16.6. The molecule has 0 spiro atoms. The van der Waals surface area contributed by atoms with Gasteiger partial charge >= 0.3 is 5.97 Å². The van der Waals surface area contributed by atoms with Gasteiger partial charge in [-0.2, -0.15) is 0 Å². The first kappa shape index (κ1) is 21.2. The molecule has 0 heterocycles. The topological polar surface area (TPSA) is 76.0 Å². The van der Waals surface area contributed by atoms with Crippen molar-refractivity contribution in [3.8, 4) is 0 Å². The number of carbonyl (C=O) groups excluding carboxylic acids is 1. The maximum absolute atomic E-state index is 13.3. The summed E-state index contributed by atoms with van der Waals surface area (Å²) < 4.78 is 0. The third-order valence-corrected chi connectivity index (χ3v) is 10.1. The molecule has 0 aliphatic heterocycles. The van der Waals surface area contributed by atoms with E-state index in [9.17, 15) is 14.7 Å². The Balaban J connectivity index is 1.61. The smallest absolute Gasteiger partial charge is 0.315 e. The molecule has 5 aliphatic rings. The third-order valence-electron chi connectivity index (χ3n) is 10.1. The summed E-state index contributed by atoms with van der Waals surface area (Å²) in [5, 5.41) is 15.4. The van der Waals surface area contributed by atoms with Crippen LogP contribution in [0.3, 0.4) is 0 Å². The molecule has 5 rings (SSSR count). The lowest BCUT2D eigenvalue weighted by atomic mass is 9.43. The van der Waals surface area contributed by atoms with Gasteiger partial charge in [-0.05, 0) is 74.5 Å². The van der Waals surface area contributed by atoms with Gasteiger partial charge < -0.3 is 14.7 Å². The van der Waals surface area contributed by atoms with Crippen LogP contribution in [-0.2, 0) is 14.4 Å². The third kappa shape index (κ3) is 2.47. The number of aldehydes is 1. The van der Waals surface area contributed by atoms with Gasteiger partial charge in [0.1, 0.15) is 18.3 Å². The maximum Gasteiger partial charge on any atom is 0.315 e. The van der Waals surface area contributed by atoms with Crippen molar-refractivity contribution >= 4 is 18.0 Å². The summed E-state index contributed by atoms with van der Waals surface area (Å²) in [5.74, 6) is 0.455. The average Bonchev–Trinajstić information content (AvgIpc) is 3.32. The molecule has 0 aromatic rings. The first-order chi connectivity index (χ1) is 14.8. The maximum atomic E-state index is 13.3. The van der Waals surface area contributed by atoms with Crippen LogP contribution in [0.4, 0.5) is 0 Å². The molecule has 4 fully saturated rings. The second-order valence-corrected chi connectivity index (χ2v) is 11.5. The van der Waals surface area contributed by atoms with Crippen LogP contribution < -0.4 is 0 Å². The Hall–Kier alpha value is -1.65. The fourth-order valence-electron chi connectivity index (χ4n) is 8.92. The standard InChI is InChI=1S/C26H37NO4/c1-16(2)22-11-18-12-24(14-28)21-10-9-17(3)20(21)13-25(18,26(22,24)23(29)30)15-31-27-19-7-5-4-6-8-19/h11,14,16-18,20-21H,4-10,12-13,15H2,1-3H3,(H,29,30)/t17-,18+,20-,21-,24+,25+,26+/m1/s1. The van der Waals surface area contributed by atoms with E-state index in [1.807, 2.05) is 0 Å². The summed E-state index contributed by atoms with van der Waals surface area (Å²) in [6.07, 6.45) is 12.4. The van der Waals surface area contributed by atoms with Crippen molar-refractivity contribution in [3.63, 3.8) is 0 Å². The summed E-state index contributed by atoms with van der Waals surface area (Å²) in [4.78, 5) is 32.4. The van der Waals surface area contributed by atoms with E-state index in [0.29, 0.717) is 24.9 Å². The highest BCUT2D eigenvalue weighted by molar-refractivity contribution is 5.90. The lowest BCUT2D eigenvalue weighted by Gasteiger charge is -2.58. The van der Waals surface area contributed by atoms with E-state index in [4.69, 9.17) is 4.84 Å². The van der Waals surface area contributed by atoms with E-state index in [1.54, 1.807) is 0 Å². The molecule has 31 heavy (non-hydrogen) atoms. The molecule has 4 bridgehead atoms. The fourth-order valence-corrected chi connectivity index (χ4v) is 8.92. The number of nitrogens with zero attached hydrogens (tertiary/aromatic N) is 1. The minimum atomic E-state index is -1.15. The summed E-state index contributed by atoms with van der Waals surface area (Å²) in [6, 6.07) is 0. The van der Waals surface area contributed by atoms with Crippen molar-refractivity contribution in [2.75, 3.05) is 6.61 Å². The quantitative estimate of drug-likeness (QED) is 0.357. The van der Waals surface area contributed by atoms with Crippen LogP contribution in [0.2, 0.25) is 0 Å². The molecule has 5 heteroatoms. The SMILES string of the molecule is CC(C)C1=C[C@H]2C[C@]3(C=O)[C@@H]4CC[C@@H](C)[C@H]4C[C@@]2(CON=C2CCCCC2)[C@]13C(=O)O. The van der Waals surface area contributed by atoms with E-state index in [1.165, 1.54) is 6.42 Å². The van der Waals surface area contributed by atoms with Gasteiger partial charge in [0.2, 0.25) is 0 Å². The van der Waals surface area contributed by atoms with Gasteiger partial charge in [-0.15, -0.1) is 0 Å². The highest BCUT2D eigenvalue weighted by Crippen LogP contribution is 2.82. The summed E-state index contributed by atoms with van der Waals surface area (Å²) in [7, 11) is 0. The van der Waals surface area contributed by atoms with Crippen molar-refractivity contribution in [2.45, 2.75) is 78.6 Å². The number of fused-ring (bicyclic) bond motifs is 2. The lowest BCUT2D eigenvalue weighted by molar-refractivity contribution is -0.186. The zero-order valence-electron chi connectivity index (χ0n) is 19.2. The largest absolute Gasteiger partial charge is 0.481 e. The summed E-state index contributed by atoms with van der Waals surface area (Å²) in [6.45, 7) is 6.76. The molecule has 0 amide bonds. The fraction of sp³-hybridized carbons (Fsp3) is 0.808. The molecular formula is C26H37NO4. The predicted molar refractivity (Wildman–Crippen MR) is 118 cm³/mol. The Morgan fingerprint density at radius 3 is 2.65 bits per heavy atom. The summed E-state index contributed by atoms with van der Waals surface area (Å²) in [5.41, 5.74) is -0.460. The van der Waals surface area contributed by atoms with E-state index >= 15 is 0 Å². The molecule has 0 aromatic heterocycles. The van der Waals surface area contributed by atoms with E-state index in [2.05, 4.69) is 32.0 Å². The van der Waals surface area contributed by atoms with Gasteiger partial charge in [-0.25, -0.2) is 0 Å². The molecular weight excluding hydrogens is 390 g/mol. The lowest BCUT2D eigenvalue weighted by Crippen LogP contribution is -2.63. The van der Waals surface area contributed by atoms with Gasteiger partial charge in [0, 0.05) is 5.41 Å². The number of aliphatic carboxylic acids is 1. The molecule has 0 radical (unpaired) electrons. The zero-order valence-corrected chi connectivity index (χ0v) is 19.2. The van der Waals surface area contributed by atoms with E-state index in [-0.39, 0.29) is 17.8 Å². The summed E-state index contributed by atoms with van der Waals surface area (Å²) >= 11 is 0. The second-order valence-electron chi connectivity index (χ2n) is 11.5. The van der Waals surface area contributed by atoms with Crippen LogP contribution in [0.5, 0.6) is 0 Å². The Morgan fingerprint density at radius 1 is 1.26 bits per heavy atom. The number of oxime groups is 1.